The SMILES string of the molecule is Cn1c(=O)c2c(ncn2CCOC(=O)CC(NC(=O)c2ccccc2)c2ccccc2)n(C)c1=O. The molecule has 0 bridgehead atoms. The summed E-state index contributed by atoms with van der Waals surface area (Å²) in [5.41, 5.74) is 0.840. The second-order valence-corrected chi connectivity index (χ2v) is 8.04. The smallest absolute Gasteiger partial charge is 0.332 e. The molecule has 0 aliphatic heterocycles. The van der Waals surface area contributed by atoms with Crippen molar-refractivity contribution >= 4 is 23.0 Å². The number of esters is 1. The summed E-state index contributed by atoms with van der Waals surface area (Å²) in [4.78, 5) is 54.1. The van der Waals surface area contributed by atoms with Crippen molar-refractivity contribution < 1.29 is 14.3 Å². The van der Waals surface area contributed by atoms with E-state index in [1.807, 2.05) is 36.4 Å². The van der Waals surface area contributed by atoms with Gasteiger partial charge in [0.1, 0.15) is 6.61 Å². The molecule has 0 radical (unpaired) electrons. The predicted octanol–water partition coefficient (Wildman–Crippen LogP) is 1.54. The van der Waals surface area contributed by atoms with Crippen molar-refractivity contribution in [3.8, 4) is 0 Å². The van der Waals surface area contributed by atoms with Gasteiger partial charge in [-0.25, -0.2) is 9.78 Å². The number of benzene rings is 2. The standard InChI is InChI=1S/C25H25N5O5/c1-28-22-21(24(33)29(2)25(28)34)30(16-26-22)13-14-35-20(31)15-19(17-9-5-3-6-10-17)27-23(32)18-11-7-4-8-12-18/h3-12,16,19H,13-15H2,1-2H3,(H,27,32). The highest BCUT2D eigenvalue weighted by Gasteiger charge is 2.20. The van der Waals surface area contributed by atoms with Gasteiger partial charge in [0.2, 0.25) is 0 Å². The Morgan fingerprint density at radius 3 is 2.31 bits per heavy atom. The Morgan fingerprint density at radius 2 is 1.63 bits per heavy atom. The third kappa shape index (κ3) is 5.06. The highest BCUT2D eigenvalue weighted by Crippen LogP contribution is 2.18. The third-order valence-electron chi connectivity index (χ3n) is 5.73. The van der Waals surface area contributed by atoms with Crippen LogP contribution in [0.5, 0.6) is 0 Å². The molecule has 10 nitrogen and oxygen atoms in total. The minimum atomic E-state index is -0.577. The molecular weight excluding hydrogens is 450 g/mol. The number of nitrogens with one attached hydrogen (secondary N) is 1. The van der Waals surface area contributed by atoms with Gasteiger partial charge in [0.15, 0.2) is 11.2 Å². The number of aromatic nitrogens is 4. The summed E-state index contributed by atoms with van der Waals surface area (Å²) in [6.07, 6.45) is 1.37. The summed E-state index contributed by atoms with van der Waals surface area (Å²) in [6, 6.07) is 17.4. The number of rotatable bonds is 8. The van der Waals surface area contributed by atoms with Gasteiger partial charge in [-0.2, -0.15) is 0 Å². The van der Waals surface area contributed by atoms with Crippen LogP contribution < -0.4 is 16.6 Å². The van der Waals surface area contributed by atoms with E-state index in [0.717, 1.165) is 10.1 Å². The summed E-state index contributed by atoms with van der Waals surface area (Å²) in [5, 5.41) is 2.90. The summed E-state index contributed by atoms with van der Waals surface area (Å²) in [7, 11) is 2.93. The highest BCUT2D eigenvalue weighted by atomic mass is 16.5. The number of ether oxygens (including phenoxy) is 1. The van der Waals surface area contributed by atoms with Gasteiger partial charge in [0.05, 0.1) is 25.3 Å². The second kappa shape index (κ2) is 10.2. The molecule has 1 unspecified atom stereocenters. The van der Waals surface area contributed by atoms with Crippen LogP contribution in [0.2, 0.25) is 0 Å². The van der Waals surface area contributed by atoms with Crippen LogP contribution >= 0.6 is 0 Å². The molecule has 0 aliphatic carbocycles. The van der Waals surface area contributed by atoms with Crippen molar-refractivity contribution in [3.05, 3.63) is 99.0 Å². The van der Waals surface area contributed by atoms with Gasteiger partial charge < -0.3 is 14.6 Å². The van der Waals surface area contributed by atoms with E-state index >= 15 is 0 Å². The van der Waals surface area contributed by atoms with Crippen molar-refractivity contribution in [3.63, 3.8) is 0 Å². The van der Waals surface area contributed by atoms with E-state index in [4.69, 9.17) is 4.74 Å². The summed E-state index contributed by atoms with van der Waals surface area (Å²) >= 11 is 0. The van der Waals surface area contributed by atoms with Gasteiger partial charge in [-0.1, -0.05) is 48.5 Å². The lowest BCUT2D eigenvalue weighted by atomic mass is 10.0. The highest BCUT2D eigenvalue weighted by molar-refractivity contribution is 5.94. The average Bonchev–Trinajstić information content (AvgIpc) is 3.31. The lowest BCUT2D eigenvalue weighted by Gasteiger charge is -2.19. The number of hydrogen-bond donors (Lipinski definition) is 1. The van der Waals surface area contributed by atoms with Crippen molar-refractivity contribution in [1.29, 1.82) is 0 Å². The molecule has 2 aromatic carbocycles. The van der Waals surface area contributed by atoms with Crippen LogP contribution in [0.25, 0.3) is 11.2 Å². The number of carbonyl (C=O) groups excluding carboxylic acids is 2. The van der Waals surface area contributed by atoms with E-state index in [1.165, 1.54) is 25.0 Å². The first-order valence-electron chi connectivity index (χ1n) is 11.0. The molecule has 10 heteroatoms. The first kappa shape index (κ1) is 23.7. The number of carbonyl (C=O) groups is 2. The maximum absolute atomic E-state index is 12.7. The summed E-state index contributed by atoms with van der Waals surface area (Å²) in [5.74, 6) is -0.796. The first-order valence-corrected chi connectivity index (χ1v) is 11.0. The molecule has 0 aliphatic rings. The van der Waals surface area contributed by atoms with Gasteiger partial charge >= 0.3 is 11.7 Å². The number of fused-ring (bicyclic) bond motifs is 1. The molecule has 1 atom stereocenters. The van der Waals surface area contributed by atoms with Gasteiger partial charge in [-0.05, 0) is 17.7 Å². The zero-order valence-corrected chi connectivity index (χ0v) is 19.4. The number of nitrogens with zero attached hydrogens (tertiary/aromatic N) is 4. The third-order valence-corrected chi connectivity index (χ3v) is 5.73. The number of amides is 1. The normalized spacial score (nSPS) is 11.8. The fraction of sp³-hybridized carbons (Fsp3) is 0.240. The Morgan fingerprint density at radius 1 is 0.971 bits per heavy atom. The Hall–Kier alpha value is -4.47. The molecule has 0 saturated heterocycles. The van der Waals surface area contributed by atoms with Crippen LogP contribution in [-0.4, -0.2) is 37.2 Å². The lowest BCUT2D eigenvalue weighted by molar-refractivity contribution is -0.144. The average molecular weight is 476 g/mol. The number of hydrogen-bond acceptors (Lipinski definition) is 6. The minimum Gasteiger partial charge on any atom is -0.464 e. The van der Waals surface area contributed by atoms with Crippen molar-refractivity contribution in [2.45, 2.75) is 19.0 Å². The van der Waals surface area contributed by atoms with Crippen LogP contribution in [0.15, 0.2) is 76.6 Å². The zero-order chi connectivity index (χ0) is 24.9. The molecule has 1 amide bonds. The second-order valence-electron chi connectivity index (χ2n) is 8.04. The van der Waals surface area contributed by atoms with Crippen molar-refractivity contribution in [2.24, 2.45) is 14.1 Å². The van der Waals surface area contributed by atoms with E-state index in [0.29, 0.717) is 5.56 Å². The Bertz CT molecular complexity index is 1470. The molecule has 2 aromatic heterocycles. The molecule has 1 N–H and O–H groups in total. The van der Waals surface area contributed by atoms with Crippen LogP contribution in [0.4, 0.5) is 0 Å². The van der Waals surface area contributed by atoms with Crippen LogP contribution in [0.1, 0.15) is 28.4 Å². The topological polar surface area (TPSA) is 117 Å². The maximum Gasteiger partial charge on any atom is 0.332 e. The molecule has 0 fully saturated rings. The molecule has 4 aromatic rings. The number of imidazole rings is 1. The molecule has 180 valence electrons. The Balaban J connectivity index is 1.44. The minimum absolute atomic E-state index is 0.00949. The monoisotopic (exact) mass is 475 g/mol. The van der Waals surface area contributed by atoms with Gasteiger partial charge in [0, 0.05) is 19.7 Å². The van der Waals surface area contributed by atoms with Crippen LogP contribution in [-0.2, 0) is 30.2 Å². The quantitative estimate of drug-likeness (QED) is 0.387. The molecule has 0 saturated carbocycles. The van der Waals surface area contributed by atoms with E-state index in [1.54, 1.807) is 28.8 Å². The Labute approximate surface area is 200 Å². The largest absolute Gasteiger partial charge is 0.464 e. The number of aryl methyl sites for hydroxylation is 1. The first-order chi connectivity index (χ1) is 16.9. The van der Waals surface area contributed by atoms with E-state index in [2.05, 4.69) is 10.3 Å². The van der Waals surface area contributed by atoms with E-state index < -0.39 is 23.3 Å². The van der Waals surface area contributed by atoms with Gasteiger partial charge in [0.25, 0.3) is 11.5 Å². The van der Waals surface area contributed by atoms with E-state index in [9.17, 15) is 19.2 Å². The fourth-order valence-electron chi connectivity index (χ4n) is 3.82. The molecule has 0 spiro atoms. The maximum atomic E-state index is 12.7. The zero-order valence-electron chi connectivity index (χ0n) is 19.4. The van der Waals surface area contributed by atoms with E-state index in [-0.39, 0.29) is 36.6 Å². The summed E-state index contributed by atoms with van der Waals surface area (Å²) in [6.45, 7) is 0.173. The van der Waals surface area contributed by atoms with Gasteiger partial charge in [-0.15, -0.1) is 0 Å². The van der Waals surface area contributed by atoms with Crippen LogP contribution in [0.3, 0.4) is 0 Å². The van der Waals surface area contributed by atoms with Gasteiger partial charge in [-0.3, -0.25) is 23.5 Å². The lowest BCUT2D eigenvalue weighted by Crippen LogP contribution is -2.37. The molecule has 4 rings (SSSR count). The molecular formula is C25H25N5O5. The fourth-order valence-corrected chi connectivity index (χ4v) is 3.82. The van der Waals surface area contributed by atoms with Crippen molar-refractivity contribution in [2.75, 3.05) is 6.61 Å². The molecule has 2 heterocycles. The molecule has 35 heavy (non-hydrogen) atoms. The van der Waals surface area contributed by atoms with Crippen LogP contribution in [0, 0.1) is 0 Å². The predicted molar refractivity (Wildman–Crippen MR) is 129 cm³/mol. The summed E-state index contributed by atoms with van der Waals surface area (Å²) < 4.78 is 9.26. The van der Waals surface area contributed by atoms with Crippen molar-refractivity contribution in [1.82, 2.24) is 24.0 Å². The Kier molecular flexibility index (Phi) is 6.91.